The smallest absolute Gasteiger partial charge is 0.261 e. The molecule has 140 valence electrons. The first-order chi connectivity index (χ1) is 12.4. The summed E-state index contributed by atoms with van der Waals surface area (Å²) in [5, 5.41) is 3.13. The van der Waals surface area contributed by atoms with Gasteiger partial charge in [0.1, 0.15) is 11.3 Å². The molecule has 26 heavy (non-hydrogen) atoms. The zero-order valence-corrected chi connectivity index (χ0v) is 16.8. The molecule has 0 aliphatic carbocycles. The van der Waals surface area contributed by atoms with Crippen molar-refractivity contribution in [3.8, 4) is 5.75 Å². The molecule has 2 rings (SSSR count). The average molecular weight is 354 g/mol. The SMILES string of the molecule is CCc1cccc(CC)c1NC(=O)c1c(OCC(C)C)cc(C)nc1C. The number of aromatic nitrogens is 1. The van der Waals surface area contributed by atoms with E-state index in [2.05, 4.69) is 50.1 Å². The summed E-state index contributed by atoms with van der Waals surface area (Å²) in [6, 6.07) is 8.01. The molecule has 0 unspecified atom stereocenters. The molecule has 0 atom stereocenters. The molecule has 0 saturated carbocycles. The van der Waals surface area contributed by atoms with Gasteiger partial charge < -0.3 is 10.1 Å². The number of ether oxygens (including phenoxy) is 1. The number of amides is 1. The van der Waals surface area contributed by atoms with Gasteiger partial charge in [-0.1, -0.05) is 45.9 Å². The Labute approximate surface area is 157 Å². The number of nitrogens with zero attached hydrogens (tertiary/aromatic N) is 1. The van der Waals surface area contributed by atoms with Gasteiger partial charge >= 0.3 is 0 Å². The van der Waals surface area contributed by atoms with Crippen molar-refractivity contribution in [2.45, 2.75) is 54.4 Å². The van der Waals surface area contributed by atoms with Crippen LogP contribution < -0.4 is 10.1 Å². The van der Waals surface area contributed by atoms with Crippen LogP contribution in [0.3, 0.4) is 0 Å². The molecule has 0 bridgehead atoms. The second-order valence-electron chi connectivity index (χ2n) is 7.04. The van der Waals surface area contributed by atoms with Gasteiger partial charge in [-0.25, -0.2) is 0 Å². The fourth-order valence-electron chi connectivity index (χ4n) is 3.02. The van der Waals surface area contributed by atoms with Crippen LogP contribution in [0.5, 0.6) is 5.75 Å². The summed E-state index contributed by atoms with van der Waals surface area (Å²) in [4.78, 5) is 17.6. The van der Waals surface area contributed by atoms with Gasteiger partial charge in [0.05, 0.1) is 12.3 Å². The number of rotatable bonds is 7. The summed E-state index contributed by atoms with van der Waals surface area (Å²) in [5.74, 6) is 0.824. The van der Waals surface area contributed by atoms with Crippen molar-refractivity contribution in [2.75, 3.05) is 11.9 Å². The van der Waals surface area contributed by atoms with Crippen molar-refractivity contribution in [2.24, 2.45) is 5.92 Å². The molecule has 0 saturated heterocycles. The minimum absolute atomic E-state index is 0.163. The van der Waals surface area contributed by atoms with E-state index in [0.29, 0.717) is 29.5 Å². The lowest BCUT2D eigenvalue weighted by atomic mass is 10.0. The van der Waals surface area contributed by atoms with E-state index in [1.54, 1.807) is 0 Å². The number of nitrogens with one attached hydrogen (secondary N) is 1. The maximum atomic E-state index is 13.1. The summed E-state index contributed by atoms with van der Waals surface area (Å²) in [6.45, 7) is 12.7. The highest BCUT2D eigenvalue weighted by atomic mass is 16.5. The number of carbonyl (C=O) groups is 1. The zero-order valence-electron chi connectivity index (χ0n) is 16.8. The third kappa shape index (κ3) is 4.63. The molecule has 1 heterocycles. The first-order valence-corrected chi connectivity index (χ1v) is 9.40. The third-order valence-electron chi connectivity index (χ3n) is 4.33. The Morgan fingerprint density at radius 1 is 1.15 bits per heavy atom. The second kappa shape index (κ2) is 8.84. The molecule has 0 fully saturated rings. The molecule has 1 aromatic heterocycles. The maximum absolute atomic E-state index is 13.1. The largest absolute Gasteiger partial charge is 0.492 e. The van der Waals surface area contributed by atoms with Crippen LogP contribution >= 0.6 is 0 Å². The highest BCUT2D eigenvalue weighted by molar-refractivity contribution is 6.07. The molecule has 4 nitrogen and oxygen atoms in total. The highest BCUT2D eigenvalue weighted by Gasteiger charge is 2.20. The molecule has 0 radical (unpaired) electrons. The van der Waals surface area contributed by atoms with Gasteiger partial charge in [-0.15, -0.1) is 0 Å². The van der Waals surface area contributed by atoms with Crippen LogP contribution in [0.25, 0.3) is 0 Å². The van der Waals surface area contributed by atoms with Crippen LogP contribution in [0.4, 0.5) is 5.69 Å². The summed E-state index contributed by atoms with van der Waals surface area (Å²) in [6.07, 6.45) is 1.73. The first-order valence-electron chi connectivity index (χ1n) is 9.40. The molecular formula is C22H30N2O2. The minimum atomic E-state index is -0.163. The Bertz CT molecular complexity index is 760. The predicted molar refractivity (Wildman–Crippen MR) is 107 cm³/mol. The summed E-state index contributed by atoms with van der Waals surface area (Å²) in [7, 11) is 0. The van der Waals surface area contributed by atoms with Gasteiger partial charge in [-0.05, 0) is 43.7 Å². The fourth-order valence-corrected chi connectivity index (χ4v) is 3.02. The lowest BCUT2D eigenvalue weighted by Crippen LogP contribution is -2.19. The lowest BCUT2D eigenvalue weighted by molar-refractivity contribution is 0.102. The number of carbonyl (C=O) groups excluding carboxylic acids is 1. The van der Waals surface area contributed by atoms with Gasteiger partial charge in [0, 0.05) is 17.4 Å². The highest BCUT2D eigenvalue weighted by Crippen LogP contribution is 2.27. The third-order valence-corrected chi connectivity index (χ3v) is 4.33. The summed E-state index contributed by atoms with van der Waals surface area (Å²) >= 11 is 0. The topological polar surface area (TPSA) is 51.2 Å². The van der Waals surface area contributed by atoms with E-state index < -0.39 is 0 Å². The molecule has 0 aliphatic rings. The van der Waals surface area contributed by atoms with Gasteiger partial charge in [0.15, 0.2) is 0 Å². The summed E-state index contributed by atoms with van der Waals surface area (Å²) in [5.41, 5.74) is 5.25. The quantitative estimate of drug-likeness (QED) is 0.751. The van der Waals surface area contributed by atoms with Gasteiger partial charge in [-0.3, -0.25) is 9.78 Å². The van der Waals surface area contributed by atoms with E-state index in [-0.39, 0.29) is 5.91 Å². The van der Waals surface area contributed by atoms with Crippen LogP contribution in [-0.2, 0) is 12.8 Å². The molecule has 0 aliphatic heterocycles. The van der Waals surface area contributed by atoms with E-state index in [4.69, 9.17) is 4.74 Å². The second-order valence-corrected chi connectivity index (χ2v) is 7.04. The molecule has 4 heteroatoms. The lowest BCUT2D eigenvalue weighted by Gasteiger charge is -2.18. The zero-order chi connectivity index (χ0) is 19.3. The standard InChI is InChI=1S/C22H30N2O2/c1-7-17-10-9-11-18(8-2)21(17)24-22(25)20-16(6)23-15(5)12-19(20)26-13-14(3)4/h9-12,14H,7-8,13H2,1-6H3,(H,24,25). The molecule has 1 aromatic carbocycles. The molecule has 0 spiro atoms. The first kappa shape index (κ1) is 20.0. The van der Waals surface area contributed by atoms with E-state index in [0.717, 1.165) is 35.3 Å². The average Bonchev–Trinajstić information content (AvgIpc) is 2.59. The number of benzene rings is 1. The van der Waals surface area contributed by atoms with Gasteiger partial charge in [0.25, 0.3) is 5.91 Å². The number of hydrogen-bond acceptors (Lipinski definition) is 3. The van der Waals surface area contributed by atoms with Crippen molar-refractivity contribution in [1.29, 1.82) is 0 Å². The number of pyridine rings is 1. The van der Waals surface area contributed by atoms with Crippen molar-refractivity contribution in [3.05, 3.63) is 52.3 Å². The van der Waals surface area contributed by atoms with Crippen molar-refractivity contribution in [1.82, 2.24) is 4.98 Å². The van der Waals surface area contributed by atoms with Crippen molar-refractivity contribution >= 4 is 11.6 Å². The number of aryl methyl sites for hydroxylation is 4. The predicted octanol–water partition coefficient (Wildman–Crippen LogP) is 5.11. The van der Waals surface area contributed by atoms with Crippen molar-refractivity contribution in [3.63, 3.8) is 0 Å². The van der Waals surface area contributed by atoms with Gasteiger partial charge in [-0.2, -0.15) is 0 Å². The van der Waals surface area contributed by atoms with Crippen LogP contribution in [0.15, 0.2) is 24.3 Å². The van der Waals surface area contributed by atoms with Gasteiger partial charge in [0.2, 0.25) is 0 Å². The molecule has 1 N–H and O–H groups in total. The van der Waals surface area contributed by atoms with E-state index in [1.165, 1.54) is 0 Å². The normalized spacial score (nSPS) is 10.9. The molecule has 2 aromatic rings. The Hall–Kier alpha value is -2.36. The Balaban J connectivity index is 2.41. The Morgan fingerprint density at radius 2 is 1.77 bits per heavy atom. The van der Waals surface area contributed by atoms with Crippen LogP contribution in [0, 0.1) is 19.8 Å². The number of para-hydroxylation sites is 1. The van der Waals surface area contributed by atoms with Crippen LogP contribution in [0.2, 0.25) is 0 Å². The maximum Gasteiger partial charge on any atom is 0.261 e. The summed E-state index contributed by atoms with van der Waals surface area (Å²) < 4.78 is 5.93. The fraction of sp³-hybridized carbons (Fsp3) is 0.455. The van der Waals surface area contributed by atoms with E-state index >= 15 is 0 Å². The van der Waals surface area contributed by atoms with E-state index in [1.807, 2.05) is 26.0 Å². The minimum Gasteiger partial charge on any atom is -0.492 e. The monoisotopic (exact) mass is 354 g/mol. The molecule has 1 amide bonds. The Morgan fingerprint density at radius 3 is 2.31 bits per heavy atom. The number of hydrogen-bond donors (Lipinski definition) is 1. The van der Waals surface area contributed by atoms with Crippen LogP contribution in [-0.4, -0.2) is 17.5 Å². The van der Waals surface area contributed by atoms with Crippen LogP contribution in [0.1, 0.15) is 60.6 Å². The Kier molecular flexibility index (Phi) is 6.78. The number of anilines is 1. The van der Waals surface area contributed by atoms with E-state index in [9.17, 15) is 4.79 Å². The molecular weight excluding hydrogens is 324 g/mol. The van der Waals surface area contributed by atoms with Crippen molar-refractivity contribution < 1.29 is 9.53 Å².